The van der Waals surface area contributed by atoms with Gasteiger partial charge in [-0.05, 0) is 56.3 Å². The molecule has 0 radical (unpaired) electrons. The molecule has 3 aromatic carbocycles. The summed E-state index contributed by atoms with van der Waals surface area (Å²) in [6.07, 6.45) is 0. The Labute approximate surface area is 145 Å². The fourth-order valence-corrected chi connectivity index (χ4v) is 3.71. The van der Waals surface area contributed by atoms with Gasteiger partial charge in [0, 0.05) is 26.5 Å². The minimum atomic E-state index is 0.640. The summed E-state index contributed by atoms with van der Waals surface area (Å²) >= 11 is 12.4. The van der Waals surface area contributed by atoms with Gasteiger partial charge < -0.3 is 4.57 Å². The average molecular weight is 340 g/mol. The molecule has 1 heterocycles. The first-order chi connectivity index (χ1) is 11.0. The Kier molecular flexibility index (Phi) is 3.37. The van der Waals surface area contributed by atoms with Crippen LogP contribution in [0.5, 0.6) is 0 Å². The molecule has 0 aliphatic heterocycles. The van der Waals surface area contributed by atoms with Crippen LogP contribution >= 0.6 is 23.2 Å². The maximum absolute atomic E-state index is 6.22. The summed E-state index contributed by atoms with van der Waals surface area (Å²) in [5, 5.41) is 3.78. The van der Waals surface area contributed by atoms with Gasteiger partial charge >= 0.3 is 0 Å². The smallest absolute Gasteiger partial charge is 0.0541 e. The Morgan fingerprint density at radius 1 is 0.652 bits per heavy atom. The maximum Gasteiger partial charge on any atom is 0.0541 e. The second-order valence-electron chi connectivity index (χ2n) is 6.00. The molecule has 0 spiro atoms. The van der Waals surface area contributed by atoms with Gasteiger partial charge in [-0.25, -0.2) is 0 Å². The van der Waals surface area contributed by atoms with Gasteiger partial charge in [-0.2, -0.15) is 0 Å². The van der Waals surface area contributed by atoms with Crippen LogP contribution in [-0.2, 0) is 0 Å². The average Bonchev–Trinajstić information content (AvgIpc) is 2.79. The van der Waals surface area contributed by atoms with Crippen molar-refractivity contribution >= 4 is 45.0 Å². The van der Waals surface area contributed by atoms with Gasteiger partial charge in [-0.15, -0.1) is 0 Å². The Morgan fingerprint density at radius 2 is 1.13 bits per heavy atom. The maximum atomic E-state index is 6.22. The van der Waals surface area contributed by atoms with Gasteiger partial charge in [0.1, 0.15) is 0 Å². The van der Waals surface area contributed by atoms with E-state index in [1.165, 1.54) is 21.9 Å². The van der Waals surface area contributed by atoms with Crippen LogP contribution in [0.25, 0.3) is 27.5 Å². The zero-order valence-electron chi connectivity index (χ0n) is 12.9. The van der Waals surface area contributed by atoms with Crippen molar-refractivity contribution in [3.63, 3.8) is 0 Å². The Balaban J connectivity index is 2.19. The third-order valence-electron chi connectivity index (χ3n) is 4.18. The summed E-state index contributed by atoms with van der Waals surface area (Å²) in [7, 11) is 0. The van der Waals surface area contributed by atoms with Crippen LogP contribution in [0.1, 0.15) is 11.1 Å². The largest absolute Gasteiger partial charge is 0.309 e. The summed E-state index contributed by atoms with van der Waals surface area (Å²) in [5.74, 6) is 0. The molecule has 4 aromatic rings. The predicted octanol–water partition coefficient (Wildman–Crippen LogP) is 6.71. The molecule has 0 saturated heterocycles. The summed E-state index contributed by atoms with van der Waals surface area (Å²) in [4.78, 5) is 0. The highest BCUT2D eigenvalue weighted by atomic mass is 35.5. The molecule has 1 aromatic heterocycles. The van der Waals surface area contributed by atoms with Crippen molar-refractivity contribution in [2.24, 2.45) is 0 Å². The van der Waals surface area contributed by atoms with Crippen LogP contribution in [0.2, 0.25) is 10.0 Å². The highest BCUT2D eigenvalue weighted by Gasteiger charge is 2.13. The number of hydrogen-bond acceptors (Lipinski definition) is 0. The van der Waals surface area contributed by atoms with Crippen molar-refractivity contribution in [1.82, 2.24) is 4.57 Å². The number of halogens is 2. The van der Waals surface area contributed by atoms with Gasteiger partial charge in [0.2, 0.25) is 0 Å². The molecular formula is C20H15Cl2N. The molecule has 1 nitrogen and oxygen atoms in total. The van der Waals surface area contributed by atoms with Crippen LogP contribution in [-0.4, -0.2) is 4.57 Å². The summed E-state index contributed by atoms with van der Waals surface area (Å²) < 4.78 is 2.22. The van der Waals surface area contributed by atoms with Gasteiger partial charge in [0.05, 0.1) is 11.0 Å². The lowest BCUT2D eigenvalue weighted by atomic mass is 10.1. The minimum Gasteiger partial charge on any atom is -0.309 e. The SMILES string of the molecule is Cc1ccc2c(c1)c1cc(C)ccc1n2-c1cc(Cl)cc(Cl)c1. The first-order valence-electron chi connectivity index (χ1n) is 7.51. The molecule has 0 fully saturated rings. The van der Waals surface area contributed by atoms with Crippen molar-refractivity contribution in [3.8, 4) is 5.69 Å². The molecule has 0 atom stereocenters. The second kappa shape index (κ2) is 5.30. The number of nitrogens with zero attached hydrogens (tertiary/aromatic N) is 1. The molecule has 4 rings (SSSR count). The topological polar surface area (TPSA) is 4.93 Å². The zero-order chi connectivity index (χ0) is 16.1. The number of rotatable bonds is 1. The lowest BCUT2D eigenvalue weighted by Gasteiger charge is -2.09. The van der Waals surface area contributed by atoms with Crippen LogP contribution in [0.3, 0.4) is 0 Å². The lowest BCUT2D eigenvalue weighted by molar-refractivity contribution is 1.18. The molecule has 0 bridgehead atoms. The molecule has 0 saturated carbocycles. The third-order valence-corrected chi connectivity index (χ3v) is 4.62. The lowest BCUT2D eigenvalue weighted by Crippen LogP contribution is -1.94. The zero-order valence-corrected chi connectivity index (χ0v) is 14.4. The molecule has 114 valence electrons. The fraction of sp³-hybridized carbons (Fsp3) is 0.100. The van der Waals surface area contributed by atoms with Crippen LogP contribution < -0.4 is 0 Å². The normalized spacial score (nSPS) is 11.5. The van der Waals surface area contributed by atoms with E-state index in [1.807, 2.05) is 12.1 Å². The van der Waals surface area contributed by atoms with E-state index in [9.17, 15) is 0 Å². The molecule has 23 heavy (non-hydrogen) atoms. The van der Waals surface area contributed by atoms with E-state index in [0.717, 1.165) is 16.7 Å². The Morgan fingerprint density at radius 3 is 1.61 bits per heavy atom. The first kappa shape index (κ1) is 14.6. The van der Waals surface area contributed by atoms with E-state index in [-0.39, 0.29) is 0 Å². The molecule has 0 aliphatic rings. The predicted molar refractivity (Wildman–Crippen MR) is 100 cm³/mol. The summed E-state index contributed by atoms with van der Waals surface area (Å²) in [6.45, 7) is 4.24. The highest BCUT2D eigenvalue weighted by Crippen LogP contribution is 2.34. The summed E-state index contributed by atoms with van der Waals surface area (Å²) in [5.41, 5.74) is 5.81. The summed E-state index contributed by atoms with van der Waals surface area (Å²) in [6, 6.07) is 18.7. The van der Waals surface area contributed by atoms with Crippen molar-refractivity contribution in [3.05, 3.63) is 75.8 Å². The second-order valence-corrected chi connectivity index (χ2v) is 6.88. The Hall–Kier alpha value is -1.96. The third kappa shape index (κ3) is 2.41. The number of aromatic nitrogens is 1. The molecule has 0 aliphatic carbocycles. The number of hydrogen-bond donors (Lipinski definition) is 0. The molecule has 3 heteroatoms. The number of benzene rings is 3. The number of fused-ring (bicyclic) bond motifs is 3. The highest BCUT2D eigenvalue weighted by molar-refractivity contribution is 6.35. The van der Waals surface area contributed by atoms with Gasteiger partial charge in [-0.3, -0.25) is 0 Å². The molecule has 0 unspecified atom stereocenters. The van der Waals surface area contributed by atoms with Crippen LogP contribution in [0, 0.1) is 13.8 Å². The molecular weight excluding hydrogens is 325 g/mol. The quantitative estimate of drug-likeness (QED) is 0.363. The van der Waals surface area contributed by atoms with Gasteiger partial charge in [0.15, 0.2) is 0 Å². The van der Waals surface area contributed by atoms with E-state index in [2.05, 4.69) is 54.8 Å². The molecule has 0 amide bonds. The van der Waals surface area contributed by atoms with Gasteiger partial charge in [-0.1, -0.05) is 46.5 Å². The number of aryl methyl sites for hydroxylation is 2. The van der Waals surface area contributed by atoms with Crippen molar-refractivity contribution < 1.29 is 0 Å². The Bertz CT molecular complexity index is 981. The van der Waals surface area contributed by atoms with Crippen molar-refractivity contribution in [2.45, 2.75) is 13.8 Å². The van der Waals surface area contributed by atoms with Crippen LogP contribution in [0.15, 0.2) is 54.6 Å². The minimum absolute atomic E-state index is 0.640. The monoisotopic (exact) mass is 339 g/mol. The van der Waals surface area contributed by atoms with E-state index in [4.69, 9.17) is 23.2 Å². The van der Waals surface area contributed by atoms with Crippen LogP contribution in [0.4, 0.5) is 0 Å². The standard InChI is InChI=1S/C20H15Cl2N/c1-12-3-5-19-17(7-12)18-8-13(2)4-6-20(18)23(19)16-10-14(21)9-15(22)11-16/h3-11H,1-2H3. The fourth-order valence-electron chi connectivity index (χ4n) is 3.20. The van der Waals surface area contributed by atoms with Crippen molar-refractivity contribution in [1.29, 1.82) is 0 Å². The molecule has 0 N–H and O–H groups in total. The van der Waals surface area contributed by atoms with Gasteiger partial charge in [0.25, 0.3) is 0 Å². The van der Waals surface area contributed by atoms with E-state index >= 15 is 0 Å². The van der Waals surface area contributed by atoms with E-state index in [1.54, 1.807) is 6.07 Å². The van der Waals surface area contributed by atoms with E-state index < -0.39 is 0 Å². The van der Waals surface area contributed by atoms with E-state index in [0.29, 0.717) is 10.0 Å². The van der Waals surface area contributed by atoms with Crippen molar-refractivity contribution in [2.75, 3.05) is 0 Å². The first-order valence-corrected chi connectivity index (χ1v) is 8.26.